The number of imidazole rings is 1. The Kier molecular flexibility index (Phi) is 3.83. The molecule has 3 N–H and O–H groups in total. The summed E-state index contributed by atoms with van der Waals surface area (Å²) in [6.07, 6.45) is 0.731. The summed E-state index contributed by atoms with van der Waals surface area (Å²) in [5.74, 6) is -0.480. The molecule has 0 atom stereocenters. The van der Waals surface area contributed by atoms with E-state index in [0.717, 1.165) is 6.42 Å². The molecule has 0 spiro atoms. The Balaban J connectivity index is 2.28. The fourth-order valence-electron chi connectivity index (χ4n) is 2.46. The molecular formula is C16H14N6O2. The van der Waals surface area contributed by atoms with Gasteiger partial charge in [-0.2, -0.15) is 5.26 Å². The molecule has 8 nitrogen and oxygen atoms in total. The maximum absolute atomic E-state index is 12.1. The number of fused-ring (bicyclic) bond motifs is 1. The van der Waals surface area contributed by atoms with Gasteiger partial charge in [0.1, 0.15) is 5.52 Å². The van der Waals surface area contributed by atoms with Crippen molar-refractivity contribution in [3.05, 3.63) is 46.0 Å². The first-order chi connectivity index (χ1) is 11.5. The van der Waals surface area contributed by atoms with Gasteiger partial charge in [-0.15, -0.1) is 0 Å². The largest absolute Gasteiger partial charge is 0.364 e. The topological polar surface area (TPSA) is 130 Å². The minimum atomic E-state index is -0.748. The fourth-order valence-corrected chi connectivity index (χ4v) is 2.46. The van der Waals surface area contributed by atoms with Crippen molar-refractivity contribution >= 4 is 17.1 Å². The van der Waals surface area contributed by atoms with Crippen LogP contribution >= 0.6 is 0 Å². The zero-order chi connectivity index (χ0) is 17.3. The Hall–Kier alpha value is -3.47. The Bertz CT molecular complexity index is 1020. The quantitative estimate of drug-likeness (QED) is 0.744. The SMILES string of the molecule is CCCn1c(=O)[nH]c2c(C(N)=O)nc(-c3ccc(C#N)cc3)nc21. The van der Waals surface area contributed by atoms with Crippen LogP contribution in [0.3, 0.4) is 0 Å². The number of carbonyl (C=O) groups excluding carboxylic acids is 1. The van der Waals surface area contributed by atoms with Gasteiger partial charge in [0.2, 0.25) is 0 Å². The Morgan fingerprint density at radius 1 is 1.33 bits per heavy atom. The third kappa shape index (κ3) is 2.52. The molecular weight excluding hydrogens is 308 g/mol. The number of carbonyl (C=O) groups is 1. The number of aryl methyl sites for hydroxylation is 1. The molecule has 0 bridgehead atoms. The van der Waals surface area contributed by atoms with E-state index in [9.17, 15) is 9.59 Å². The van der Waals surface area contributed by atoms with Gasteiger partial charge in [-0.1, -0.05) is 6.92 Å². The monoisotopic (exact) mass is 322 g/mol. The molecule has 2 heterocycles. The second kappa shape index (κ2) is 5.96. The van der Waals surface area contributed by atoms with Crippen LogP contribution in [-0.2, 0) is 6.54 Å². The smallest absolute Gasteiger partial charge is 0.327 e. The highest BCUT2D eigenvalue weighted by atomic mass is 16.2. The van der Waals surface area contributed by atoms with E-state index in [2.05, 4.69) is 15.0 Å². The lowest BCUT2D eigenvalue weighted by Crippen LogP contribution is -2.16. The predicted octanol–water partition coefficient (Wildman–Crippen LogP) is 1.17. The van der Waals surface area contributed by atoms with Gasteiger partial charge >= 0.3 is 5.69 Å². The van der Waals surface area contributed by atoms with Crippen LogP contribution in [0, 0.1) is 11.3 Å². The number of hydrogen-bond acceptors (Lipinski definition) is 5. The summed E-state index contributed by atoms with van der Waals surface area (Å²) >= 11 is 0. The van der Waals surface area contributed by atoms with Gasteiger partial charge in [0.25, 0.3) is 5.91 Å². The number of rotatable bonds is 4. The number of primary amides is 1. The van der Waals surface area contributed by atoms with Crippen LogP contribution in [0.25, 0.3) is 22.6 Å². The second-order valence-corrected chi connectivity index (χ2v) is 5.23. The fraction of sp³-hybridized carbons (Fsp3) is 0.188. The summed E-state index contributed by atoms with van der Waals surface area (Å²) < 4.78 is 1.45. The van der Waals surface area contributed by atoms with Crippen LogP contribution < -0.4 is 11.4 Å². The maximum Gasteiger partial charge on any atom is 0.327 e. The molecule has 0 aliphatic carbocycles. The van der Waals surface area contributed by atoms with Crippen molar-refractivity contribution < 1.29 is 4.79 Å². The van der Waals surface area contributed by atoms with E-state index in [-0.39, 0.29) is 22.7 Å². The van der Waals surface area contributed by atoms with E-state index >= 15 is 0 Å². The number of benzene rings is 1. The summed E-state index contributed by atoms with van der Waals surface area (Å²) in [5.41, 5.74) is 6.70. The molecule has 24 heavy (non-hydrogen) atoms. The molecule has 0 fully saturated rings. The number of aromatic nitrogens is 4. The van der Waals surface area contributed by atoms with E-state index in [0.29, 0.717) is 23.3 Å². The van der Waals surface area contributed by atoms with Crippen LogP contribution in [0.4, 0.5) is 0 Å². The number of amides is 1. The van der Waals surface area contributed by atoms with Gasteiger partial charge < -0.3 is 10.7 Å². The lowest BCUT2D eigenvalue weighted by Gasteiger charge is -2.05. The lowest BCUT2D eigenvalue weighted by molar-refractivity contribution is 0.0997. The van der Waals surface area contributed by atoms with E-state index in [1.165, 1.54) is 4.57 Å². The van der Waals surface area contributed by atoms with Gasteiger partial charge in [-0.3, -0.25) is 9.36 Å². The van der Waals surface area contributed by atoms with Crippen molar-refractivity contribution in [3.8, 4) is 17.5 Å². The number of nitriles is 1. The highest BCUT2D eigenvalue weighted by Crippen LogP contribution is 2.20. The number of aromatic amines is 1. The van der Waals surface area contributed by atoms with Crippen molar-refractivity contribution in [1.29, 1.82) is 5.26 Å². The Morgan fingerprint density at radius 3 is 2.62 bits per heavy atom. The molecule has 0 aliphatic rings. The summed E-state index contributed by atoms with van der Waals surface area (Å²) in [6.45, 7) is 2.39. The number of H-pyrrole nitrogens is 1. The zero-order valence-electron chi connectivity index (χ0n) is 12.9. The number of hydrogen-bond donors (Lipinski definition) is 2. The van der Waals surface area contributed by atoms with Gasteiger partial charge in [0, 0.05) is 12.1 Å². The van der Waals surface area contributed by atoms with Gasteiger partial charge in [0.05, 0.1) is 11.6 Å². The standard InChI is InChI=1S/C16H14N6O2/c1-2-7-22-15-12(20-16(22)24)11(13(18)23)19-14(21-15)10-5-3-9(8-17)4-6-10/h3-6H,2,7H2,1H3,(H2,18,23)(H,20,24). The molecule has 0 saturated carbocycles. The third-order valence-electron chi connectivity index (χ3n) is 3.58. The summed E-state index contributed by atoms with van der Waals surface area (Å²) in [6, 6.07) is 8.64. The minimum Gasteiger partial charge on any atom is -0.364 e. The van der Waals surface area contributed by atoms with Crippen molar-refractivity contribution in [2.45, 2.75) is 19.9 Å². The maximum atomic E-state index is 12.1. The molecule has 3 rings (SSSR count). The molecule has 0 aliphatic heterocycles. The highest BCUT2D eigenvalue weighted by molar-refractivity contribution is 6.01. The molecule has 0 unspecified atom stereocenters. The average molecular weight is 322 g/mol. The van der Waals surface area contributed by atoms with Crippen molar-refractivity contribution in [3.63, 3.8) is 0 Å². The third-order valence-corrected chi connectivity index (χ3v) is 3.58. The first kappa shape index (κ1) is 15.4. The molecule has 120 valence electrons. The predicted molar refractivity (Wildman–Crippen MR) is 87.1 cm³/mol. The minimum absolute atomic E-state index is 0.0358. The highest BCUT2D eigenvalue weighted by Gasteiger charge is 2.18. The Morgan fingerprint density at radius 2 is 2.04 bits per heavy atom. The van der Waals surface area contributed by atoms with E-state index < -0.39 is 5.91 Å². The lowest BCUT2D eigenvalue weighted by atomic mass is 10.1. The van der Waals surface area contributed by atoms with E-state index in [1.807, 2.05) is 13.0 Å². The van der Waals surface area contributed by atoms with Crippen molar-refractivity contribution in [2.24, 2.45) is 5.73 Å². The molecule has 1 aromatic carbocycles. The van der Waals surface area contributed by atoms with Crippen LogP contribution in [0.1, 0.15) is 29.4 Å². The summed E-state index contributed by atoms with van der Waals surface area (Å²) in [4.78, 5) is 35.0. The normalized spacial score (nSPS) is 10.7. The van der Waals surface area contributed by atoms with Gasteiger partial charge in [0.15, 0.2) is 17.2 Å². The molecule has 2 aromatic heterocycles. The van der Waals surface area contributed by atoms with E-state index in [4.69, 9.17) is 11.0 Å². The second-order valence-electron chi connectivity index (χ2n) is 5.23. The van der Waals surface area contributed by atoms with Gasteiger partial charge in [-0.25, -0.2) is 14.8 Å². The van der Waals surface area contributed by atoms with Crippen LogP contribution in [0.2, 0.25) is 0 Å². The Labute approximate surface area is 136 Å². The first-order valence-corrected chi connectivity index (χ1v) is 7.36. The molecule has 0 radical (unpaired) electrons. The first-order valence-electron chi connectivity index (χ1n) is 7.36. The molecule has 1 amide bonds. The number of nitrogens with zero attached hydrogens (tertiary/aromatic N) is 4. The molecule has 3 aromatic rings. The van der Waals surface area contributed by atoms with Crippen molar-refractivity contribution in [1.82, 2.24) is 19.5 Å². The number of nitrogens with two attached hydrogens (primary N) is 1. The van der Waals surface area contributed by atoms with Crippen molar-refractivity contribution in [2.75, 3.05) is 0 Å². The van der Waals surface area contributed by atoms with Crippen LogP contribution in [-0.4, -0.2) is 25.4 Å². The van der Waals surface area contributed by atoms with E-state index in [1.54, 1.807) is 24.3 Å². The van der Waals surface area contributed by atoms with Gasteiger partial charge in [-0.05, 0) is 30.7 Å². The molecule has 0 saturated heterocycles. The van der Waals surface area contributed by atoms with Crippen LogP contribution in [0.15, 0.2) is 29.1 Å². The molecule has 8 heteroatoms. The number of nitrogens with one attached hydrogen (secondary N) is 1. The average Bonchev–Trinajstić information content (AvgIpc) is 2.90. The summed E-state index contributed by atoms with van der Waals surface area (Å²) in [7, 11) is 0. The summed E-state index contributed by atoms with van der Waals surface area (Å²) in [5, 5.41) is 8.87. The van der Waals surface area contributed by atoms with Crippen LogP contribution in [0.5, 0.6) is 0 Å². The zero-order valence-corrected chi connectivity index (χ0v) is 12.9.